The molecule has 3 radical (unpaired) electrons. The summed E-state index contributed by atoms with van der Waals surface area (Å²) in [6.45, 7) is 0. The van der Waals surface area contributed by atoms with Crippen molar-refractivity contribution in [3.05, 3.63) is 0 Å². The smallest absolute Gasteiger partial charge is 0 e. The van der Waals surface area contributed by atoms with Crippen LogP contribution in [0, 0.1) is 0 Å². The summed E-state index contributed by atoms with van der Waals surface area (Å²) in [5.74, 6) is 0. The molecule has 0 aliphatic rings. The molecule has 21 valence electrons. The van der Waals surface area contributed by atoms with Crippen LogP contribution in [0.15, 0.2) is 0 Å². The van der Waals surface area contributed by atoms with Crippen LogP contribution in [-0.4, -0.2) is 48.4 Å². The first-order chi connectivity index (χ1) is 0. The van der Waals surface area contributed by atoms with Crippen molar-refractivity contribution >= 4 is 48.4 Å². The SMILES string of the molecule is [Co].[Li].[Na].[Ni]. The van der Waals surface area contributed by atoms with Crippen molar-refractivity contribution in [3.63, 3.8) is 0 Å². The van der Waals surface area contributed by atoms with Crippen LogP contribution in [0.5, 0.6) is 0 Å². The van der Waals surface area contributed by atoms with E-state index in [2.05, 4.69) is 0 Å². The Balaban J connectivity index is 0. The zero-order valence-electron chi connectivity index (χ0n) is 2.65. The predicted octanol–water partition coefficient (Wildman–Crippen LogP) is -0.767. The first-order valence-electron chi connectivity index (χ1n) is 0. The van der Waals surface area contributed by atoms with Crippen LogP contribution in [0.4, 0.5) is 0 Å². The standard InChI is InChI=1S/Co.Li.Na.Ni. The second-order valence-corrected chi connectivity index (χ2v) is 0. The topological polar surface area (TPSA) is 0 Å². The van der Waals surface area contributed by atoms with Crippen molar-refractivity contribution in [1.82, 2.24) is 0 Å². The molecule has 4 heavy (non-hydrogen) atoms. The summed E-state index contributed by atoms with van der Waals surface area (Å²) in [5.41, 5.74) is 0. The third-order valence-corrected chi connectivity index (χ3v) is 0. The van der Waals surface area contributed by atoms with Crippen LogP contribution < -0.4 is 0 Å². The minimum absolute atomic E-state index is 0. The van der Waals surface area contributed by atoms with Gasteiger partial charge in [-0.05, 0) is 0 Å². The third-order valence-electron chi connectivity index (χ3n) is 0. The molecule has 0 aromatic rings. The van der Waals surface area contributed by atoms with Gasteiger partial charge in [-0.2, -0.15) is 0 Å². The molecule has 0 saturated carbocycles. The van der Waals surface area contributed by atoms with Crippen LogP contribution in [0.3, 0.4) is 0 Å². The van der Waals surface area contributed by atoms with Gasteiger partial charge in [0.25, 0.3) is 0 Å². The molecule has 0 unspecified atom stereocenters. The Morgan fingerprint density at radius 3 is 1.00 bits per heavy atom. The van der Waals surface area contributed by atoms with E-state index in [9.17, 15) is 0 Å². The van der Waals surface area contributed by atoms with Gasteiger partial charge in [0.2, 0.25) is 0 Å². The molecule has 0 bridgehead atoms. The first-order valence-corrected chi connectivity index (χ1v) is 0. The van der Waals surface area contributed by atoms with Gasteiger partial charge in [-0.3, -0.25) is 0 Å². The number of rotatable bonds is 0. The van der Waals surface area contributed by atoms with Gasteiger partial charge < -0.3 is 0 Å². The van der Waals surface area contributed by atoms with E-state index in [0.29, 0.717) is 0 Å². The Morgan fingerprint density at radius 1 is 1.00 bits per heavy atom. The third kappa shape index (κ3) is 8.82. The van der Waals surface area contributed by atoms with Crippen LogP contribution >= 0.6 is 0 Å². The van der Waals surface area contributed by atoms with Gasteiger partial charge in [-0.15, -0.1) is 0 Å². The van der Waals surface area contributed by atoms with E-state index in [-0.39, 0.29) is 81.7 Å². The molecule has 0 aromatic carbocycles. The second-order valence-electron chi connectivity index (χ2n) is 0. The summed E-state index contributed by atoms with van der Waals surface area (Å²) < 4.78 is 0. The minimum Gasteiger partial charge on any atom is 0 e. The maximum absolute atomic E-state index is 0. The molecule has 0 atom stereocenters. The van der Waals surface area contributed by atoms with E-state index in [1.54, 1.807) is 0 Å². The van der Waals surface area contributed by atoms with E-state index >= 15 is 0 Å². The second kappa shape index (κ2) is 17.5. The van der Waals surface area contributed by atoms with Gasteiger partial charge in [0, 0.05) is 81.7 Å². The minimum atomic E-state index is 0. The maximum Gasteiger partial charge on any atom is 0 e. The largest absolute Gasteiger partial charge is 0 e. The van der Waals surface area contributed by atoms with Crippen molar-refractivity contribution < 1.29 is 33.3 Å². The van der Waals surface area contributed by atoms with E-state index in [1.165, 1.54) is 0 Å². The average molecular weight is 148 g/mol. The Morgan fingerprint density at radius 2 is 1.00 bits per heavy atom. The van der Waals surface area contributed by atoms with Crippen molar-refractivity contribution in [2.75, 3.05) is 0 Å². The molecular weight excluding hydrogens is 148 g/mol. The molecule has 0 amide bonds. The van der Waals surface area contributed by atoms with Crippen molar-refractivity contribution in [1.29, 1.82) is 0 Å². The van der Waals surface area contributed by atoms with Crippen molar-refractivity contribution in [2.45, 2.75) is 0 Å². The Kier molecular flexibility index (Phi) is 134. The number of hydrogen-bond donors (Lipinski definition) is 0. The average Bonchev–Trinajstić information content (AvgIpc) is 0. The maximum atomic E-state index is 0. The van der Waals surface area contributed by atoms with E-state index in [4.69, 9.17) is 0 Å². The Hall–Kier alpha value is 2.60. The van der Waals surface area contributed by atoms with Crippen LogP contribution in [-0.2, 0) is 33.3 Å². The van der Waals surface area contributed by atoms with Gasteiger partial charge in [0.05, 0.1) is 0 Å². The molecule has 0 fully saturated rings. The van der Waals surface area contributed by atoms with E-state index in [0.717, 1.165) is 0 Å². The predicted molar refractivity (Wildman–Crippen MR) is 11.5 cm³/mol. The summed E-state index contributed by atoms with van der Waals surface area (Å²) in [5, 5.41) is 0. The van der Waals surface area contributed by atoms with Crippen molar-refractivity contribution in [2.24, 2.45) is 0 Å². The van der Waals surface area contributed by atoms with Gasteiger partial charge in [0.15, 0.2) is 0 Å². The van der Waals surface area contributed by atoms with Gasteiger partial charge >= 0.3 is 0 Å². The quantitative estimate of drug-likeness (QED) is 0.395. The monoisotopic (exact) mass is 147 g/mol. The first kappa shape index (κ1) is 30.6. The zero-order valence-corrected chi connectivity index (χ0v) is 6.68. The molecule has 0 heterocycles. The fourth-order valence-corrected chi connectivity index (χ4v) is 0. The van der Waals surface area contributed by atoms with Crippen LogP contribution in [0.2, 0.25) is 0 Å². The summed E-state index contributed by atoms with van der Waals surface area (Å²) in [7, 11) is 0. The van der Waals surface area contributed by atoms with Crippen molar-refractivity contribution in [3.8, 4) is 0 Å². The molecule has 0 aliphatic carbocycles. The molecule has 0 N–H and O–H groups in total. The van der Waals surface area contributed by atoms with Crippen LogP contribution in [0.25, 0.3) is 0 Å². The zero-order chi connectivity index (χ0) is 0. The molecule has 0 nitrogen and oxygen atoms in total. The Labute approximate surface area is 80.4 Å². The summed E-state index contributed by atoms with van der Waals surface area (Å²) in [6.07, 6.45) is 0. The Bertz CT molecular complexity index is 8.00. The summed E-state index contributed by atoms with van der Waals surface area (Å²) in [4.78, 5) is 0. The fraction of sp³-hybridized carbons (Fsp3) is 0. The van der Waals surface area contributed by atoms with Gasteiger partial charge in [-0.25, -0.2) is 0 Å². The van der Waals surface area contributed by atoms with E-state index < -0.39 is 0 Å². The summed E-state index contributed by atoms with van der Waals surface area (Å²) in [6, 6.07) is 0. The number of hydrogen-bond acceptors (Lipinski definition) is 0. The molecule has 0 rings (SSSR count). The molecule has 0 saturated heterocycles. The summed E-state index contributed by atoms with van der Waals surface area (Å²) >= 11 is 0. The molecule has 0 spiro atoms. The normalized spacial score (nSPS) is 0. The molecule has 0 aromatic heterocycles. The van der Waals surface area contributed by atoms with Crippen LogP contribution in [0.1, 0.15) is 0 Å². The van der Waals surface area contributed by atoms with Gasteiger partial charge in [-0.1, -0.05) is 0 Å². The molecule has 0 aliphatic heterocycles. The fourth-order valence-electron chi connectivity index (χ4n) is 0. The molecule has 4 heteroatoms. The molecular formula is CoLiNaNi. The van der Waals surface area contributed by atoms with Gasteiger partial charge in [0.1, 0.15) is 0 Å². The van der Waals surface area contributed by atoms with E-state index in [1.807, 2.05) is 0 Å².